The van der Waals surface area contributed by atoms with Crippen molar-refractivity contribution in [2.75, 3.05) is 30.9 Å². The highest BCUT2D eigenvalue weighted by molar-refractivity contribution is 7.99. The summed E-state index contributed by atoms with van der Waals surface area (Å²) in [5, 5.41) is 0. The number of hydrogen-bond donors (Lipinski definition) is 1. The molecule has 1 saturated heterocycles. The second kappa shape index (κ2) is 5.65. The Hall–Kier alpha value is -0.870. The van der Waals surface area contributed by atoms with Crippen LogP contribution in [0.1, 0.15) is 12.5 Å². The maximum absolute atomic E-state index is 6.02. The number of nitrogens with zero attached hydrogens (tertiary/aromatic N) is 1. The van der Waals surface area contributed by atoms with Crippen LogP contribution in [0, 0.1) is 0 Å². The van der Waals surface area contributed by atoms with Crippen LogP contribution in [0.2, 0.25) is 0 Å². The summed E-state index contributed by atoms with van der Waals surface area (Å²) in [6.45, 7) is 4.34. The van der Waals surface area contributed by atoms with Crippen LogP contribution in [0.3, 0.4) is 0 Å². The average molecular weight is 252 g/mol. The Bertz CT molecular complexity index is 384. The van der Waals surface area contributed by atoms with Gasteiger partial charge in [-0.15, -0.1) is 0 Å². The predicted octanol–water partition coefficient (Wildman–Crippen LogP) is 2.21. The van der Waals surface area contributed by atoms with Crippen LogP contribution in [-0.4, -0.2) is 36.1 Å². The first-order chi connectivity index (χ1) is 8.20. The van der Waals surface area contributed by atoms with Crippen molar-refractivity contribution in [1.29, 1.82) is 0 Å². The smallest absolute Gasteiger partial charge is 0.119 e. The number of benzene rings is 1. The van der Waals surface area contributed by atoms with Gasteiger partial charge in [-0.25, -0.2) is 0 Å². The molecule has 1 aliphatic rings. The molecule has 3 nitrogen and oxygen atoms in total. The zero-order valence-electron chi connectivity index (χ0n) is 10.5. The van der Waals surface area contributed by atoms with Gasteiger partial charge in [0.1, 0.15) is 5.75 Å². The molecule has 0 spiro atoms. The van der Waals surface area contributed by atoms with Gasteiger partial charge in [0.15, 0.2) is 0 Å². The van der Waals surface area contributed by atoms with E-state index < -0.39 is 0 Å². The number of nitrogens with two attached hydrogens (primary N) is 1. The molecule has 4 heteroatoms. The van der Waals surface area contributed by atoms with E-state index in [0.717, 1.165) is 24.5 Å². The first-order valence-electron chi connectivity index (χ1n) is 5.95. The molecular weight excluding hydrogens is 232 g/mol. The van der Waals surface area contributed by atoms with Gasteiger partial charge in [-0.3, -0.25) is 4.90 Å². The van der Waals surface area contributed by atoms with Gasteiger partial charge in [-0.1, -0.05) is 0 Å². The molecule has 0 aromatic heterocycles. The fraction of sp³-hybridized carbons (Fsp3) is 0.538. The minimum absolute atomic E-state index is 0.624. The molecule has 1 unspecified atom stereocenters. The van der Waals surface area contributed by atoms with Gasteiger partial charge in [0.25, 0.3) is 0 Å². The Balaban J connectivity index is 2.11. The zero-order valence-corrected chi connectivity index (χ0v) is 11.3. The molecule has 1 heterocycles. The minimum Gasteiger partial charge on any atom is -0.497 e. The molecule has 94 valence electrons. The van der Waals surface area contributed by atoms with Gasteiger partial charge in [-0.2, -0.15) is 11.8 Å². The molecule has 1 aromatic carbocycles. The second-order valence-corrected chi connectivity index (χ2v) is 5.61. The summed E-state index contributed by atoms with van der Waals surface area (Å²) >= 11 is 2.03. The molecule has 17 heavy (non-hydrogen) atoms. The van der Waals surface area contributed by atoms with Gasteiger partial charge >= 0.3 is 0 Å². The summed E-state index contributed by atoms with van der Waals surface area (Å²) in [5.74, 6) is 3.31. The van der Waals surface area contributed by atoms with Crippen LogP contribution in [0.5, 0.6) is 5.75 Å². The highest BCUT2D eigenvalue weighted by Crippen LogP contribution is 2.24. The van der Waals surface area contributed by atoms with E-state index in [1.165, 1.54) is 17.1 Å². The number of hydrogen-bond acceptors (Lipinski definition) is 4. The Labute approximate surface area is 107 Å². The number of methoxy groups -OCH3 is 1. The molecule has 0 amide bonds. The topological polar surface area (TPSA) is 38.5 Å². The van der Waals surface area contributed by atoms with Gasteiger partial charge < -0.3 is 10.5 Å². The van der Waals surface area contributed by atoms with E-state index in [9.17, 15) is 0 Å². The molecule has 0 radical (unpaired) electrons. The van der Waals surface area contributed by atoms with Gasteiger partial charge in [0.05, 0.1) is 7.11 Å². The van der Waals surface area contributed by atoms with E-state index >= 15 is 0 Å². The number of nitrogen functional groups attached to an aromatic ring is 1. The van der Waals surface area contributed by atoms with Crippen LogP contribution in [0.15, 0.2) is 18.2 Å². The summed E-state index contributed by atoms with van der Waals surface area (Å²) in [6, 6.07) is 6.51. The van der Waals surface area contributed by atoms with Crippen LogP contribution < -0.4 is 10.5 Å². The van der Waals surface area contributed by atoms with Crippen LogP contribution in [0.4, 0.5) is 5.69 Å². The summed E-state index contributed by atoms with van der Waals surface area (Å²) in [4.78, 5) is 2.49. The first-order valence-corrected chi connectivity index (χ1v) is 7.10. The molecule has 0 aliphatic carbocycles. The summed E-state index contributed by atoms with van der Waals surface area (Å²) in [5.41, 5.74) is 8.05. The highest BCUT2D eigenvalue weighted by atomic mass is 32.2. The lowest BCUT2D eigenvalue weighted by atomic mass is 10.1. The van der Waals surface area contributed by atoms with Crippen molar-refractivity contribution in [3.05, 3.63) is 23.8 Å². The van der Waals surface area contributed by atoms with Gasteiger partial charge in [-0.05, 0) is 30.7 Å². The average Bonchev–Trinajstić information content (AvgIpc) is 2.35. The Morgan fingerprint density at radius 2 is 2.35 bits per heavy atom. The van der Waals surface area contributed by atoms with Crippen molar-refractivity contribution >= 4 is 17.4 Å². The third-order valence-corrected chi connectivity index (χ3v) is 4.42. The number of anilines is 1. The van der Waals surface area contributed by atoms with Crippen molar-refractivity contribution in [3.8, 4) is 5.75 Å². The predicted molar refractivity (Wildman–Crippen MR) is 74.6 cm³/mol. The monoisotopic (exact) mass is 252 g/mol. The summed E-state index contributed by atoms with van der Waals surface area (Å²) in [7, 11) is 1.69. The number of ether oxygens (including phenoxy) is 1. The van der Waals surface area contributed by atoms with E-state index in [4.69, 9.17) is 10.5 Å². The van der Waals surface area contributed by atoms with E-state index in [2.05, 4.69) is 11.8 Å². The largest absolute Gasteiger partial charge is 0.497 e. The molecule has 1 atom stereocenters. The number of rotatable bonds is 3. The molecule has 1 fully saturated rings. The molecule has 1 aromatic rings. The van der Waals surface area contributed by atoms with E-state index in [1.54, 1.807) is 7.11 Å². The van der Waals surface area contributed by atoms with Crippen molar-refractivity contribution in [1.82, 2.24) is 4.90 Å². The molecule has 1 aliphatic heterocycles. The van der Waals surface area contributed by atoms with Crippen LogP contribution in [0.25, 0.3) is 0 Å². The van der Waals surface area contributed by atoms with E-state index in [-0.39, 0.29) is 0 Å². The lowest BCUT2D eigenvalue weighted by molar-refractivity contribution is 0.224. The van der Waals surface area contributed by atoms with Crippen LogP contribution in [-0.2, 0) is 6.54 Å². The lowest BCUT2D eigenvalue weighted by Crippen LogP contribution is -2.39. The van der Waals surface area contributed by atoms with Gasteiger partial charge in [0.2, 0.25) is 0 Å². The minimum atomic E-state index is 0.624. The third kappa shape index (κ3) is 3.07. The molecular formula is C13H20N2OS. The van der Waals surface area contributed by atoms with E-state index in [0.29, 0.717) is 6.04 Å². The van der Waals surface area contributed by atoms with Crippen molar-refractivity contribution < 1.29 is 4.74 Å². The SMILES string of the molecule is COc1ccc(N)c(CN2CCSCC2C)c1. The fourth-order valence-electron chi connectivity index (χ4n) is 2.06. The second-order valence-electron chi connectivity index (χ2n) is 4.46. The van der Waals surface area contributed by atoms with Crippen molar-refractivity contribution in [2.24, 2.45) is 0 Å². The standard InChI is InChI=1S/C13H20N2OS/c1-10-9-17-6-5-15(10)8-11-7-12(16-2)3-4-13(11)14/h3-4,7,10H,5-6,8-9,14H2,1-2H3. The maximum atomic E-state index is 6.02. The quantitative estimate of drug-likeness (QED) is 0.837. The molecule has 0 bridgehead atoms. The molecule has 2 rings (SSSR count). The molecule has 0 saturated carbocycles. The third-order valence-electron chi connectivity index (χ3n) is 3.23. The zero-order chi connectivity index (χ0) is 12.3. The Morgan fingerprint density at radius 3 is 3.06 bits per heavy atom. The van der Waals surface area contributed by atoms with Crippen LogP contribution >= 0.6 is 11.8 Å². The van der Waals surface area contributed by atoms with E-state index in [1.807, 2.05) is 30.0 Å². The summed E-state index contributed by atoms with van der Waals surface area (Å²) in [6.07, 6.45) is 0. The highest BCUT2D eigenvalue weighted by Gasteiger charge is 2.19. The maximum Gasteiger partial charge on any atom is 0.119 e. The Morgan fingerprint density at radius 1 is 1.53 bits per heavy atom. The molecule has 2 N–H and O–H groups in total. The van der Waals surface area contributed by atoms with Crippen molar-refractivity contribution in [3.63, 3.8) is 0 Å². The first kappa shape index (κ1) is 12.6. The fourth-order valence-corrected chi connectivity index (χ4v) is 3.14. The lowest BCUT2D eigenvalue weighted by Gasteiger charge is -2.33. The van der Waals surface area contributed by atoms with Gasteiger partial charge in [0, 0.05) is 36.3 Å². The normalized spacial score (nSPS) is 21.4. The Kier molecular flexibility index (Phi) is 4.18. The summed E-state index contributed by atoms with van der Waals surface area (Å²) < 4.78 is 5.25. The van der Waals surface area contributed by atoms with Crippen molar-refractivity contribution in [2.45, 2.75) is 19.5 Å². The number of thioether (sulfide) groups is 1.